The Kier molecular flexibility index (Phi) is 13.5. The minimum atomic E-state index is 0.240. The van der Waals surface area contributed by atoms with Crippen molar-refractivity contribution in [3.63, 3.8) is 0 Å². The average Bonchev–Trinajstić information content (AvgIpc) is 2.37. The lowest BCUT2D eigenvalue weighted by molar-refractivity contribution is -0.121. The van der Waals surface area contributed by atoms with Gasteiger partial charge in [-0.3, -0.25) is 4.79 Å². The van der Waals surface area contributed by atoms with Crippen LogP contribution in [0.2, 0.25) is 0 Å². The highest BCUT2D eigenvalue weighted by atomic mass is 16.1. The van der Waals surface area contributed by atoms with Crippen LogP contribution < -0.4 is 5.32 Å². The first kappa shape index (κ1) is 18.5. The molecule has 0 aliphatic rings. The van der Waals surface area contributed by atoms with Gasteiger partial charge in [-0.2, -0.15) is 0 Å². The highest BCUT2D eigenvalue weighted by molar-refractivity contribution is 5.76. The Labute approximate surface area is 120 Å². The van der Waals surface area contributed by atoms with Crippen LogP contribution in [-0.2, 0) is 4.79 Å². The second-order valence-corrected chi connectivity index (χ2v) is 5.84. The number of hydrogen-bond donors (Lipinski definition) is 1. The smallest absolute Gasteiger partial charge is 0.220 e. The molecule has 1 atom stereocenters. The summed E-state index contributed by atoms with van der Waals surface area (Å²) in [5.41, 5.74) is 0. The molecule has 0 radical (unpaired) electrons. The molecule has 0 fully saturated rings. The molecule has 0 aliphatic heterocycles. The molecule has 1 unspecified atom stereocenters. The van der Waals surface area contributed by atoms with Crippen molar-refractivity contribution in [1.29, 1.82) is 0 Å². The van der Waals surface area contributed by atoms with E-state index in [0.29, 0.717) is 12.5 Å². The molecule has 0 rings (SSSR count). The summed E-state index contributed by atoms with van der Waals surface area (Å²) in [4.78, 5) is 11.6. The molecular weight excluding hydrogens is 234 g/mol. The molecule has 2 heteroatoms. The molecule has 1 amide bonds. The lowest BCUT2D eigenvalue weighted by Gasteiger charge is -2.12. The van der Waals surface area contributed by atoms with Crippen LogP contribution >= 0.6 is 0 Å². The summed E-state index contributed by atoms with van der Waals surface area (Å²) in [5.74, 6) is 0.240. The zero-order valence-corrected chi connectivity index (χ0v) is 13.5. The van der Waals surface area contributed by atoms with Gasteiger partial charge in [0.25, 0.3) is 0 Å². The number of hydrogen-bond acceptors (Lipinski definition) is 1. The molecule has 19 heavy (non-hydrogen) atoms. The van der Waals surface area contributed by atoms with Crippen molar-refractivity contribution >= 4 is 5.91 Å². The summed E-state index contributed by atoms with van der Waals surface area (Å²) in [6.45, 7) is 6.51. The van der Waals surface area contributed by atoms with Crippen molar-refractivity contribution in [1.82, 2.24) is 5.32 Å². The van der Waals surface area contributed by atoms with E-state index in [-0.39, 0.29) is 5.91 Å². The van der Waals surface area contributed by atoms with Gasteiger partial charge in [0.15, 0.2) is 0 Å². The fraction of sp³-hybridized carbons (Fsp3) is 0.941. The zero-order chi connectivity index (χ0) is 14.3. The van der Waals surface area contributed by atoms with Crippen LogP contribution in [0.1, 0.15) is 97.8 Å². The van der Waals surface area contributed by atoms with Gasteiger partial charge in [0.1, 0.15) is 0 Å². The van der Waals surface area contributed by atoms with Gasteiger partial charge in [0.2, 0.25) is 5.91 Å². The average molecular weight is 269 g/mol. The highest BCUT2D eigenvalue weighted by Gasteiger charge is 2.05. The normalized spacial score (nSPS) is 12.4. The maximum Gasteiger partial charge on any atom is 0.220 e. The fourth-order valence-corrected chi connectivity index (χ4v) is 2.45. The Morgan fingerprint density at radius 3 is 1.89 bits per heavy atom. The highest BCUT2D eigenvalue weighted by Crippen LogP contribution is 2.10. The maximum absolute atomic E-state index is 11.6. The second-order valence-electron chi connectivity index (χ2n) is 5.84. The summed E-state index contributed by atoms with van der Waals surface area (Å²) in [6.07, 6.45) is 14.7. The van der Waals surface area contributed by atoms with Crippen molar-refractivity contribution in [2.24, 2.45) is 0 Å². The van der Waals surface area contributed by atoms with Crippen molar-refractivity contribution in [2.45, 2.75) is 104 Å². The van der Waals surface area contributed by atoms with E-state index in [0.717, 1.165) is 19.3 Å². The van der Waals surface area contributed by atoms with Gasteiger partial charge in [-0.25, -0.2) is 0 Å². The monoisotopic (exact) mass is 269 g/mol. The summed E-state index contributed by atoms with van der Waals surface area (Å²) in [6, 6.07) is 0.344. The van der Waals surface area contributed by atoms with Gasteiger partial charge < -0.3 is 5.32 Å². The van der Waals surface area contributed by atoms with E-state index in [1.807, 2.05) is 0 Å². The maximum atomic E-state index is 11.6. The molecule has 0 saturated heterocycles. The van der Waals surface area contributed by atoms with E-state index in [1.54, 1.807) is 0 Å². The van der Waals surface area contributed by atoms with Crippen molar-refractivity contribution in [3.8, 4) is 0 Å². The molecule has 0 aliphatic carbocycles. The molecule has 0 aromatic carbocycles. The summed E-state index contributed by atoms with van der Waals surface area (Å²) in [5, 5.41) is 3.07. The molecule has 1 N–H and O–H groups in total. The van der Waals surface area contributed by atoms with Crippen LogP contribution in [-0.4, -0.2) is 11.9 Å². The fourth-order valence-electron chi connectivity index (χ4n) is 2.45. The Balaban J connectivity index is 3.23. The molecular formula is C17H35NO. The van der Waals surface area contributed by atoms with E-state index >= 15 is 0 Å². The Bertz CT molecular complexity index is 203. The number of carbonyl (C=O) groups excluding carboxylic acids is 1. The van der Waals surface area contributed by atoms with Crippen LogP contribution in [0.3, 0.4) is 0 Å². The lowest BCUT2D eigenvalue weighted by atomic mass is 10.1. The SMILES string of the molecule is CCCCCCCCCCCC(=O)NC(C)CCC. The van der Waals surface area contributed by atoms with Crippen LogP contribution in [0.15, 0.2) is 0 Å². The molecule has 0 heterocycles. The third kappa shape index (κ3) is 13.7. The number of carbonyl (C=O) groups is 1. The Hall–Kier alpha value is -0.530. The van der Waals surface area contributed by atoms with Crippen LogP contribution in [0.5, 0.6) is 0 Å². The van der Waals surface area contributed by atoms with Gasteiger partial charge in [-0.05, 0) is 19.8 Å². The van der Waals surface area contributed by atoms with E-state index < -0.39 is 0 Å². The van der Waals surface area contributed by atoms with Gasteiger partial charge >= 0.3 is 0 Å². The van der Waals surface area contributed by atoms with Gasteiger partial charge in [-0.15, -0.1) is 0 Å². The molecule has 0 aromatic rings. The number of unbranched alkanes of at least 4 members (excludes halogenated alkanes) is 8. The predicted molar refractivity (Wildman–Crippen MR) is 84.4 cm³/mol. The Morgan fingerprint density at radius 1 is 0.842 bits per heavy atom. The first-order valence-corrected chi connectivity index (χ1v) is 8.50. The molecule has 0 spiro atoms. The second kappa shape index (κ2) is 13.9. The number of rotatable bonds is 13. The molecule has 114 valence electrons. The summed E-state index contributed by atoms with van der Waals surface area (Å²) >= 11 is 0. The van der Waals surface area contributed by atoms with Crippen molar-refractivity contribution < 1.29 is 4.79 Å². The standard InChI is InChI=1S/C17H35NO/c1-4-6-7-8-9-10-11-12-13-15-17(19)18-16(3)14-5-2/h16H,4-15H2,1-3H3,(H,18,19). The van der Waals surface area contributed by atoms with Gasteiger partial charge in [0.05, 0.1) is 0 Å². The third-order valence-corrected chi connectivity index (χ3v) is 3.64. The van der Waals surface area contributed by atoms with E-state index in [9.17, 15) is 4.79 Å². The lowest BCUT2D eigenvalue weighted by Crippen LogP contribution is -2.32. The first-order chi connectivity index (χ1) is 9.20. The third-order valence-electron chi connectivity index (χ3n) is 3.64. The minimum absolute atomic E-state index is 0.240. The topological polar surface area (TPSA) is 29.1 Å². The minimum Gasteiger partial charge on any atom is -0.354 e. The molecule has 0 bridgehead atoms. The van der Waals surface area contributed by atoms with E-state index in [2.05, 4.69) is 26.1 Å². The quantitative estimate of drug-likeness (QED) is 0.457. The van der Waals surface area contributed by atoms with Crippen LogP contribution in [0.25, 0.3) is 0 Å². The number of amides is 1. The van der Waals surface area contributed by atoms with Gasteiger partial charge in [-0.1, -0.05) is 71.6 Å². The summed E-state index contributed by atoms with van der Waals surface area (Å²) < 4.78 is 0. The van der Waals surface area contributed by atoms with Crippen LogP contribution in [0.4, 0.5) is 0 Å². The molecule has 0 saturated carbocycles. The summed E-state index contributed by atoms with van der Waals surface area (Å²) in [7, 11) is 0. The molecule has 2 nitrogen and oxygen atoms in total. The van der Waals surface area contributed by atoms with Gasteiger partial charge in [0, 0.05) is 12.5 Å². The Morgan fingerprint density at radius 2 is 1.37 bits per heavy atom. The van der Waals surface area contributed by atoms with Crippen molar-refractivity contribution in [2.75, 3.05) is 0 Å². The first-order valence-electron chi connectivity index (χ1n) is 8.50. The molecule has 0 aromatic heterocycles. The zero-order valence-electron chi connectivity index (χ0n) is 13.5. The number of nitrogens with one attached hydrogen (secondary N) is 1. The largest absolute Gasteiger partial charge is 0.354 e. The van der Waals surface area contributed by atoms with E-state index in [4.69, 9.17) is 0 Å². The van der Waals surface area contributed by atoms with E-state index in [1.165, 1.54) is 51.4 Å². The van der Waals surface area contributed by atoms with Crippen LogP contribution in [0, 0.1) is 0 Å². The van der Waals surface area contributed by atoms with Crippen molar-refractivity contribution in [3.05, 3.63) is 0 Å². The predicted octanol–water partition coefficient (Wildman–Crippen LogP) is 5.21.